The quantitative estimate of drug-likeness (QED) is 0.275. The lowest BCUT2D eigenvalue weighted by atomic mass is 10.00. The van der Waals surface area contributed by atoms with Crippen LogP contribution in [0.3, 0.4) is 0 Å². The fourth-order valence-electron chi connectivity index (χ4n) is 0.848. The number of amidine groups is 1. The van der Waals surface area contributed by atoms with Gasteiger partial charge in [0.2, 0.25) is 10.0 Å². The molecule has 1 unspecified atom stereocenters. The smallest absolute Gasteiger partial charge is 0.214 e. The van der Waals surface area contributed by atoms with Gasteiger partial charge in [0, 0.05) is 0 Å². The highest BCUT2D eigenvalue weighted by molar-refractivity contribution is 7.90. The van der Waals surface area contributed by atoms with Crippen molar-refractivity contribution >= 4 is 15.9 Å². The van der Waals surface area contributed by atoms with Crippen LogP contribution in [0.1, 0.15) is 34.1 Å². The van der Waals surface area contributed by atoms with E-state index in [1.807, 2.05) is 0 Å². The molecule has 0 saturated carbocycles. The third kappa shape index (κ3) is 3.35. The van der Waals surface area contributed by atoms with Crippen LogP contribution in [0.25, 0.3) is 0 Å². The minimum absolute atomic E-state index is 0.144. The molecular weight excluding hydrogens is 218 g/mol. The maximum atomic E-state index is 11.6. The monoisotopic (exact) mass is 237 g/mol. The molecule has 1 atom stereocenters. The van der Waals surface area contributed by atoms with Crippen LogP contribution in [0.15, 0.2) is 5.16 Å². The number of hydrogen-bond donors (Lipinski definition) is 3. The van der Waals surface area contributed by atoms with Crippen LogP contribution in [0.2, 0.25) is 0 Å². The van der Waals surface area contributed by atoms with Crippen molar-refractivity contribution < 1.29 is 13.6 Å². The Balaban J connectivity index is 5.06. The molecule has 6 nitrogen and oxygen atoms in total. The molecule has 0 radical (unpaired) electrons. The number of hydrogen-bond acceptors (Lipinski definition) is 4. The van der Waals surface area contributed by atoms with Gasteiger partial charge in [0.05, 0.1) is 10.8 Å². The lowest BCUT2D eigenvalue weighted by molar-refractivity contribution is 0.310. The Hall–Kier alpha value is -0.820. The predicted molar refractivity (Wildman–Crippen MR) is 59.3 cm³/mol. The second kappa shape index (κ2) is 4.80. The predicted octanol–water partition coefficient (Wildman–Crippen LogP) is 0.229. The first kappa shape index (κ1) is 14.2. The Morgan fingerprint density at radius 2 is 2.07 bits per heavy atom. The van der Waals surface area contributed by atoms with Gasteiger partial charge in [-0.05, 0) is 27.2 Å². The third-order valence-electron chi connectivity index (χ3n) is 2.37. The van der Waals surface area contributed by atoms with Crippen molar-refractivity contribution in [2.45, 2.75) is 44.9 Å². The normalized spacial score (nSPS) is 17.8. The molecular formula is C8H19N3O3S. The molecule has 0 aliphatic rings. The summed E-state index contributed by atoms with van der Waals surface area (Å²) in [5.74, 6) is -0.144. The number of sulfonamides is 1. The summed E-state index contributed by atoms with van der Waals surface area (Å²) in [5, 5.41) is 10.8. The summed E-state index contributed by atoms with van der Waals surface area (Å²) in [6.45, 7) is 6.44. The van der Waals surface area contributed by atoms with Crippen LogP contribution >= 0.6 is 0 Å². The number of rotatable bonds is 5. The average Bonchev–Trinajstić information content (AvgIpc) is 2.15. The molecule has 7 heteroatoms. The summed E-state index contributed by atoms with van der Waals surface area (Å²) >= 11 is 0. The van der Waals surface area contributed by atoms with Crippen LogP contribution in [-0.4, -0.2) is 30.2 Å². The molecule has 0 heterocycles. The van der Waals surface area contributed by atoms with Gasteiger partial charge < -0.3 is 10.9 Å². The standard InChI is InChI=1S/C8H19N3O3S/c1-5-8(4,7(9)10-12)11-15(13,14)6(2)3/h6,11-12H,5H2,1-4H3,(H2,9,10). The summed E-state index contributed by atoms with van der Waals surface area (Å²) in [6.07, 6.45) is 0.398. The van der Waals surface area contributed by atoms with E-state index in [4.69, 9.17) is 10.9 Å². The molecule has 4 N–H and O–H groups in total. The van der Waals surface area contributed by atoms with E-state index < -0.39 is 20.8 Å². The van der Waals surface area contributed by atoms with E-state index in [1.165, 1.54) is 0 Å². The van der Waals surface area contributed by atoms with Gasteiger partial charge in [0.15, 0.2) is 5.84 Å². The van der Waals surface area contributed by atoms with Crippen molar-refractivity contribution in [2.75, 3.05) is 0 Å². The second-order valence-electron chi connectivity index (χ2n) is 3.87. The molecule has 0 spiro atoms. The highest BCUT2D eigenvalue weighted by Gasteiger charge is 2.33. The molecule has 90 valence electrons. The third-order valence-corrected chi connectivity index (χ3v) is 4.34. The van der Waals surface area contributed by atoms with Gasteiger partial charge >= 0.3 is 0 Å². The minimum Gasteiger partial charge on any atom is -0.409 e. The highest BCUT2D eigenvalue weighted by Crippen LogP contribution is 2.13. The summed E-state index contributed by atoms with van der Waals surface area (Å²) in [7, 11) is -3.45. The van der Waals surface area contributed by atoms with Crippen molar-refractivity contribution in [3.63, 3.8) is 0 Å². The molecule has 0 bridgehead atoms. The van der Waals surface area contributed by atoms with Crippen molar-refractivity contribution in [3.05, 3.63) is 0 Å². The van der Waals surface area contributed by atoms with Crippen molar-refractivity contribution in [1.82, 2.24) is 4.72 Å². The van der Waals surface area contributed by atoms with Crippen molar-refractivity contribution in [3.8, 4) is 0 Å². The molecule has 0 aliphatic carbocycles. The zero-order valence-electron chi connectivity index (χ0n) is 9.48. The van der Waals surface area contributed by atoms with Crippen LogP contribution in [0, 0.1) is 0 Å². The lowest BCUT2D eigenvalue weighted by Gasteiger charge is -2.28. The highest BCUT2D eigenvalue weighted by atomic mass is 32.2. The lowest BCUT2D eigenvalue weighted by Crippen LogP contribution is -2.56. The number of nitrogens with zero attached hydrogens (tertiary/aromatic N) is 1. The maximum Gasteiger partial charge on any atom is 0.214 e. The van der Waals surface area contributed by atoms with Crippen LogP contribution in [-0.2, 0) is 10.0 Å². The molecule has 15 heavy (non-hydrogen) atoms. The van der Waals surface area contributed by atoms with Crippen LogP contribution in [0.5, 0.6) is 0 Å². The van der Waals surface area contributed by atoms with E-state index in [0.29, 0.717) is 6.42 Å². The van der Waals surface area contributed by atoms with Crippen molar-refractivity contribution in [2.24, 2.45) is 10.9 Å². The fraction of sp³-hybridized carbons (Fsp3) is 0.875. The first-order chi connectivity index (χ1) is 6.69. The van der Waals surface area contributed by atoms with Gasteiger partial charge in [-0.2, -0.15) is 0 Å². The van der Waals surface area contributed by atoms with Gasteiger partial charge in [-0.25, -0.2) is 13.1 Å². The first-order valence-electron chi connectivity index (χ1n) is 4.70. The number of oxime groups is 1. The average molecular weight is 237 g/mol. The van der Waals surface area contributed by atoms with Crippen molar-refractivity contribution in [1.29, 1.82) is 0 Å². The van der Waals surface area contributed by atoms with Crippen LogP contribution < -0.4 is 10.5 Å². The van der Waals surface area contributed by atoms with Gasteiger partial charge in [-0.1, -0.05) is 12.1 Å². The number of nitrogens with two attached hydrogens (primary N) is 1. The van der Waals surface area contributed by atoms with Gasteiger partial charge in [0.25, 0.3) is 0 Å². The van der Waals surface area contributed by atoms with Gasteiger partial charge in [-0.3, -0.25) is 0 Å². The van der Waals surface area contributed by atoms with Gasteiger partial charge in [-0.15, -0.1) is 0 Å². The maximum absolute atomic E-state index is 11.6. The molecule has 0 aromatic carbocycles. The van der Waals surface area contributed by atoms with Crippen LogP contribution in [0.4, 0.5) is 0 Å². The summed E-state index contributed by atoms with van der Waals surface area (Å²) < 4.78 is 25.7. The molecule has 0 rings (SSSR count). The largest absolute Gasteiger partial charge is 0.409 e. The molecule has 0 aromatic heterocycles. The van der Waals surface area contributed by atoms with E-state index in [-0.39, 0.29) is 5.84 Å². The Morgan fingerprint density at radius 1 is 1.60 bits per heavy atom. The van der Waals surface area contributed by atoms with E-state index in [0.717, 1.165) is 0 Å². The van der Waals surface area contributed by atoms with E-state index in [9.17, 15) is 8.42 Å². The first-order valence-corrected chi connectivity index (χ1v) is 6.25. The summed E-state index contributed by atoms with van der Waals surface area (Å²) in [5.41, 5.74) is 4.40. The number of nitrogens with one attached hydrogen (secondary N) is 1. The SMILES string of the molecule is CCC(C)(NS(=O)(=O)C(C)C)/C(N)=N/O. The van der Waals surface area contributed by atoms with E-state index in [2.05, 4.69) is 9.88 Å². The minimum atomic E-state index is -3.45. The molecule has 0 saturated heterocycles. The molecule has 0 aromatic rings. The second-order valence-corrected chi connectivity index (χ2v) is 6.10. The van der Waals surface area contributed by atoms with Gasteiger partial charge in [0.1, 0.15) is 0 Å². The Morgan fingerprint density at radius 3 is 2.33 bits per heavy atom. The van der Waals surface area contributed by atoms with E-state index in [1.54, 1.807) is 27.7 Å². The Labute approximate surface area is 90.6 Å². The molecule has 0 amide bonds. The summed E-state index contributed by atoms with van der Waals surface area (Å²) in [6, 6.07) is 0. The Bertz CT molecular complexity index is 337. The molecule has 0 aliphatic heterocycles. The summed E-state index contributed by atoms with van der Waals surface area (Å²) in [4.78, 5) is 0. The molecule has 0 fully saturated rings. The topological polar surface area (TPSA) is 105 Å². The Kier molecular flexibility index (Phi) is 4.54. The van der Waals surface area contributed by atoms with E-state index >= 15 is 0 Å². The zero-order chi connectivity index (χ0) is 12.3. The fourth-order valence-corrected chi connectivity index (χ4v) is 1.96. The zero-order valence-corrected chi connectivity index (χ0v) is 10.3.